The molecule has 0 spiro atoms. The van der Waals surface area contributed by atoms with E-state index in [0.717, 1.165) is 12.8 Å². The van der Waals surface area contributed by atoms with Crippen molar-refractivity contribution in [2.45, 2.75) is 38.3 Å². The second-order valence-electron chi connectivity index (χ2n) is 4.35. The zero-order valence-corrected chi connectivity index (χ0v) is 10.0. The summed E-state index contributed by atoms with van der Waals surface area (Å²) >= 11 is 0. The van der Waals surface area contributed by atoms with Crippen molar-refractivity contribution >= 4 is 11.9 Å². The van der Waals surface area contributed by atoms with Gasteiger partial charge in [-0.1, -0.05) is 19.8 Å². The fraction of sp³-hybridized carbons (Fsp3) is 0.818. The predicted octanol–water partition coefficient (Wildman–Crippen LogP) is -0.280. The Balaban J connectivity index is 2.42. The van der Waals surface area contributed by atoms with Gasteiger partial charge in [0, 0.05) is 0 Å². The molecule has 2 unspecified atom stereocenters. The van der Waals surface area contributed by atoms with Crippen LogP contribution in [-0.4, -0.2) is 42.3 Å². The van der Waals surface area contributed by atoms with Crippen molar-refractivity contribution in [1.29, 1.82) is 0 Å². The second kappa shape index (κ2) is 6.56. The van der Waals surface area contributed by atoms with Gasteiger partial charge >= 0.3 is 5.97 Å². The Morgan fingerprint density at radius 1 is 1.53 bits per heavy atom. The van der Waals surface area contributed by atoms with Crippen LogP contribution in [0.25, 0.3) is 0 Å². The Kier molecular flexibility index (Phi) is 5.37. The number of aliphatic carboxylic acids is 1. The van der Waals surface area contributed by atoms with Crippen molar-refractivity contribution in [1.82, 2.24) is 5.32 Å². The predicted molar refractivity (Wildman–Crippen MR) is 61.4 cm³/mol. The highest BCUT2D eigenvalue weighted by molar-refractivity contribution is 5.82. The maximum absolute atomic E-state index is 11.7. The first kappa shape index (κ1) is 13.9. The topological polar surface area (TPSA) is 102 Å². The molecule has 1 saturated heterocycles. The molecule has 1 amide bonds. The van der Waals surface area contributed by atoms with E-state index in [-0.39, 0.29) is 19.1 Å². The summed E-state index contributed by atoms with van der Waals surface area (Å²) in [7, 11) is 0. The SMILES string of the molecule is CCCC[C@H](N)C(=O)NC1COCC1C(=O)O. The lowest BCUT2D eigenvalue weighted by molar-refractivity contribution is -0.142. The summed E-state index contributed by atoms with van der Waals surface area (Å²) in [6.45, 7) is 2.41. The molecule has 6 heteroatoms. The molecule has 0 aromatic rings. The van der Waals surface area contributed by atoms with Crippen LogP contribution in [0.2, 0.25) is 0 Å². The van der Waals surface area contributed by atoms with E-state index < -0.39 is 24.0 Å². The molecule has 0 saturated carbocycles. The van der Waals surface area contributed by atoms with E-state index in [1.165, 1.54) is 0 Å². The highest BCUT2D eigenvalue weighted by Gasteiger charge is 2.35. The molecular weight excluding hydrogens is 224 g/mol. The number of carboxylic acid groups (broad SMARTS) is 1. The first-order valence-corrected chi connectivity index (χ1v) is 5.92. The van der Waals surface area contributed by atoms with E-state index in [2.05, 4.69) is 5.32 Å². The summed E-state index contributed by atoms with van der Waals surface area (Å²) in [4.78, 5) is 22.6. The number of ether oxygens (including phenoxy) is 1. The van der Waals surface area contributed by atoms with Gasteiger partial charge in [0.15, 0.2) is 0 Å². The maximum Gasteiger partial charge on any atom is 0.311 e. The molecule has 1 aliphatic heterocycles. The van der Waals surface area contributed by atoms with Crippen LogP contribution in [0, 0.1) is 5.92 Å². The summed E-state index contributed by atoms with van der Waals surface area (Å²) in [6, 6.07) is -1.03. The Morgan fingerprint density at radius 2 is 2.24 bits per heavy atom. The lowest BCUT2D eigenvalue weighted by Crippen LogP contribution is -2.49. The van der Waals surface area contributed by atoms with E-state index in [1.807, 2.05) is 6.92 Å². The molecule has 4 N–H and O–H groups in total. The number of carbonyl (C=O) groups excluding carboxylic acids is 1. The van der Waals surface area contributed by atoms with Gasteiger partial charge in [-0.3, -0.25) is 9.59 Å². The molecule has 0 radical (unpaired) electrons. The van der Waals surface area contributed by atoms with Crippen LogP contribution >= 0.6 is 0 Å². The first-order chi connectivity index (χ1) is 8.06. The highest BCUT2D eigenvalue weighted by atomic mass is 16.5. The van der Waals surface area contributed by atoms with Crippen LogP contribution in [0.1, 0.15) is 26.2 Å². The number of carboxylic acids is 1. The van der Waals surface area contributed by atoms with Gasteiger partial charge in [-0.05, 0) is 6.42 Å². The minimum Gasteiger partial charge on any atom is -0.481 e. The maximum atomic E-state index is 11.7. The quantitative estimate of drug-likeness (QED) is 0.596. The average Bonchev–Trinajstić information content (AvgIpc) is 2.73. The molecular formula is C11H20N2O4. The number of carbonyl (C=O) groups is 2. The van der Waals surface area contributed by atoms with E-state index >= 15 is 0 Å². The number of hydrogen-bond donors (Lipinski definition) is 3. The third-order valence-electron chi connectivity index (χ3n) is 2.93. The van der Waals surface area contributed by atoms with Gasteiger partial charge in [-0.25, -0.2) is 0 Å². The van der Waals surface area contributed by atoms with Crippen molar-refractivity contribution in [3.05, 3.63) is 0 Å². The molecule has 1 fully saturated rings. The molecule has 17 heavy (non-hydrogen) atoms. The number of rotatable bonds is 6. The second-order valence-corrected chi connectivity index (χ2v) is 4.35. The summed E-state index contributed by atoms with van der Waals surface area (Å²) in [5.74, 6) is -1.91. The summed E-state index contributed by atoms with van der Waals surface area (Å²) in [5, 5.41) is 11.6. The Labute approximate surface area is 101 Å². The molecule has 6 nitrogen and oxygen atoms in total. The molecule has 0 bridgehead atoms. The first-order valence-electron chi connectivity index (χ1n) is 5.92. The van der Waals surface area contributed by atoms with Gasteiger partial charge in [0.2, 0.25) is 5.91 Å². The fourth-order valence-electron chi connectivity index (χ4n) is 1.78. The molecule has 98 valence electrons. The number of amides is 1. The molecule has 3 atom stereocenters. The lowest BCUT2D eigenvalue weighted by atomic mass is 10.0. The van der Waals surface area contributed by atoms with Crippen molar-refractivity contribution in [3.63, 3.8) is 0 Å². The van der Waals surface area contributed by atoms with Crippen LogP contribution in [-0.2, 0) is 14.3 Å². The Bertz CT molecular complexity index is 283. The van der Waals surface area contributed by atoms with Gasteiger partial charge < -0.3 is 20.9 Å². The zero-order valence-electron chi connectivity index (χ0n) is 10.0. The van der Waals surface area contributed by atoms with E-state index in [1.54, 1.807) is 0 Å². The number of nitrogens with one attached hydrogen (secondary N) is 1. The summed E-state index contributed by atoms with van der Waals surface area (Å²) in [6.07, 6.45) is 2.48. The standard InChI is InChI=1S/C11H20N2O4/c1-2-3-4-8(12)10(14)13-9-6-17-5-7(9)11(15)16/h7-9H,2-6,12H2,1H3,(H,13,14)(H,15,16)/t7?,8-,9?/m0/s1. The average molecular weight is 244 g/mol. The van der Waals surface area contributed by atoms with Crippen LogP contribution in [0.3, 0.4) is 0 Å². The molecule has 1 rings (SSSR count). The van der Waals surface area contributed by atoms with Crippen molar-refractivity contribution in [2.24, 2.45) is 11.7 Å². The fourth-order valence-corrected chi connectivity index (χ4v) is 1.78. The van der Waals surface area contributed by atoms with Gasteiger partial charge in [-0.15, -0.1) is 0 Å². The molecule has 1 heterocycles. The van der Waals surface area contributed by atoms with Crippen molar-refractivity contribution in [3.8, 4) is 0 Å². The molecule has 0 aliphatic carbocycles. The minimum absolute atomic E-state index is 0.143. The van der Waals surface area contributed by atoms with Crippen molar-refractivity contribution < 1.29 is 19.4 Å². The molecule has 1 aliphatic rings. The number of hydrogen-bond acceptors (Lipinski definition) is 4. The normalized spacial score (nSPS) is 25.5. The van der Waals surface area contributed by atoms with E-state index in [0.29, 0.717) is 6.42 Å². The number of unbranched alkanes of at least 4 members (excludes halogenated alkanes) is 1. The van der Waals surface area contributed by atoms with Crippen LogP contribution in [0.15, 0.2) is 0 Å². The monoisotopic (exact) mass is 244 g/mol. The highest BCUT2D eigenvalue weighted by Crippen LogP contribution is 2.14. The summed E-state index contributed by atoms with van der Waals surface area (Å²) < 4.78 is 5.06. The Hall–Kier alpha value is -1.14. The third kappa shape index (κ3) is 3.98. The number of nitrogens with two attached hydrogens (primary N) is 1. The van der Waals surface area contributed by atoms with Gasteiger partial charge in [-0.2, -0.15) is 0 Å². The largest absolute Gasteiger partial charge is 0.481 e. The van der Waals surface area contributed by atoms with E-state index in [9.17, 15) is 9.59 Å². The lowest BCUT2D eigenvalue weighted by Gasteiger charge is -2.18. The minimum atomic E-state index is -0.949. The molecule has 0 aromatic carbocycles. The van der Waals surface area contributed by atoms with Gasteiger partial charge in [0.05, 0.1) is 25.3 Å². The zero-order chi connectivity index (χ0) is 12.8. The summed E-state index contributed by atoms with van der Waals surface area (Å²) in [5.41, 5.74) is 5.70. The van der Waals surface area contributed by atoms with Crippen LogP contribution in [0.4, 0.5) is 0 Å². The van der Waals surface area contributed by atoms with Crippen LogP contribution < -0.4 is 11.1 Å². The van der Waals surface area contributed by atoms with Gasteiger partial charge in [0.1, 0.15) is 5.92 Å². The van der Waals surface area contributed by atoms with Crippen LogP contribution in [0.5, 0.6) is 0 Å². The third-order valence-corrected chi connectivity index (χ3v) is 2.93. The van der Waals surface area contributed by atoms with E-state index in [4.69, 9.17) is 15.6 Å². The van der Waals surface area contributed by atoms with Crippen molar-refractivity contribution in [2.75, 3.05) is 13.2 Å². The smallest absolute Gasteiger partial charge is 0.311 e. The molecule has 0 aromatic heterocycles. The van der Waals surface area contributed by atoms with Gasteiger partial charge in [0.25, 0.3) is 0 Å². The Morgan fingerprint density at radius 3 is 2.82 bits per heavy atom.